The summed E-state index contributed by atoms with van der Waals surface area (Å²) in [6, 6.07) is 2.04. The van der Waals surface area contributed by atoms with Crippen LogP contribution in [0.3, 0.4) is 0 Å². The van der Waals surface area contributed by atoms with Crippen molar-refractivity contribution in [3.63, 3.8) is 0 Å². The fraction of sp³-hybridized carbons (Fsp3) is 0.556. The highest BCUT2D eigenvalue weighted by Crippen LogP contribution is 2.21. The van der Waals surface area contributed by atoms with Crippen LogP contribution < -0.4 is 0 Å². The molecule has 0 fully saturated rings. The van der Waals surface area contributed by atoms with Gasteiger partial charge in [-0.15, -0.1) is 0 Å². The number of hydrogen-bond acceptors (Lipinski definition) is 1. The van der Waals surface area contributed by atoms with Crippen LogP contribution in [0.4, 0.5) is 0 Å². The van der Waals surface area contributed by atoms with E-state index >= 15 is 0 Å². The number of aromatic nitrogens is 1. The van der Waals surface area contributed by atoms with Gasteiger partial charge in [0.1, 0.15) is 0 Å². The molecular formula is C9H15NO. The minimum Gasteiger partial charge on any atom is -0.395 e. The van der Waals surface area contributed by atoms with Crippen LogP contribution in [0.1, 0.15) is 19.4 Å². The van der Waals surface area contributed by atoms with Gasteiger partial charge in [-0.1, -0.05) is 13.8 Å². The van der Waals surface area contributed by atoms with Crippen LogP contribution in [0.2, 0.25) is 0 Å². The van der Waals surface area contributed by atoms with Crippen LogP contribution in [0.5, 0.6) is 0 Å². The average molecular weight is 153 g/mol. The largest absolute Gasteiger partial charge is 0.395 e. The number of nitrogens with zero attached hydrogens (tertiary/aromatic N) is 1. The van der Waals surface area contributed by atoms with Crippen molar-refractivity contribution in [3.05, 3.63) is 24.0 Å². The van der Waals surface area contributed by atoms with Gasteiger partial charge < -0.3 is 9.67 Å². The zero-order chi connectivity index (χ0) is 8.48. The van der Waals surface area contributed by atoms with Gasteiger partial charge in [-0.2, -0.15) is 0 Å². The summed E-state index contributed by atoms with van der Waals surface area (Å²) >= 11 is 0. The molecule has 1 heterocycles. The van der Waals surface area contributed by atoms with E-state index in [9.17, 15) is 0 Å². The average Bonchev–Trinajstić information content (AvgIpc) is 2.36. The molecule has 0 aromatic carbocycles. The molecule has 11 heavy (non-hydrogen) atoms. The minimum absolute atomic E-state index is 0.110. The third-order valence-corrected chi connectivity index (χ3v) is 2.01. The lowest BCUT2D eigenvalue weighted by molar-refractivity contribution is 0.218. The van der Waals surface area contributed by atoms with E-state index in [1.54, 1.807) is 0 Å². The molecule has 1 rings (SSSR count). The van der Waals surface area contributed by atoms with Crippen molar-refractivity contribution in [2.75, 3.05) is 6.61 Å². The van der Waals surface area contributed by atoms with Crippen molar-refractivity contribution in [2.45, 2.75) is 19.3 Å². The van der Waals surface area contributed by atoms with Crippen LogP contribution in [-0.2, 0) is 12.5 Å². The molecule has 0 aliphatic carbocycles. The van der Waals surface area contributed by atoms with Crippen LogP contribution in [0, 0.1) is 0 Å². The van der Waals surface area contributed by atoms with E-state index in [2.05, 4.69) is 0 Å². The Morgan fingerprint density at radius 2 is 2.18 bits per heavy atom. The van der Waals surface area contributed by atoms with Gasteiger partial charge in [-0.25, -0.2) is 0 Å². The van der Waals surface area contributed by atoms with Crippen LogP contribution in [0.15, 0.2) is 18.5 Å². The summed E-state index contributed by atoms with van der Waals surface area (Å²) in [7, 11) is 1.98. The zero-order valence-corrected chi connectivity index (χ0v) is 7.33. The van der Waals surface area contributed by atoms with Gasteiger partial charge in [0, 0.05) is 24.9 Å². The SMILES string of the molecule is Cn1ccc(C(C)(C)CO)c1. The second-order valence-electron chi connectivity index (χ2n) is 3.61. The van der Waals surface area contributed by atoms with Crippen molar-refractivity contribution in [1.82, 2.24) is 4.57 Å². The maximum atomic E-state index is 9.05. The van der Waals surface area contributed by atoms with Crippen molar-refractivity contribution < 1.29 is 5.11 Å². The molecule has 0 saturated carbocycles. The minimum atomic E-state index is -0.110. The van der Waals surface area contributed by atoms with E-state index in [0.717, 1.165) is 0 Å². The van der Waals surface area contributed by atoms with Crippen molar-refractivity contribution in [1.29, 1.82) is 0 Å². The Morgan fingerprint density at radius 1 is 1.55 bits per heavy atom. The summed E-state index contributed by atoms with van der Waals surface area (Å²) in [5.41, 5.74) is 1.07. The first-order valence-corrected chi connectivity index (χ1v) is 3.79. The molecule has 2 heteroatoms. The second kappa shape index (κ2) is 2.70. The molecule has 2 nitrogen and oxygen atoms in total. The highest BCUT2D eigenvalue weighted by atomic mass is 16.3. The van der Waals surface area contributed by atoms with E-state index in [1.807, 2.05) is 43.9 Å². The van der Waals surface area contributed by atoms with Gasteiger partial charge in [0.05, 0.1) is 6.61 Å². The lowest BCUT2D eigenvalue weighted by Crippen LogP contribution is -2.21. The molecule has 1 N–H and O–H groups in total. The summed E-state index contributed by atoms with van der Waals surface area (Å²) < 4.78 is 1.99. The summed E-state index contributed by atoms with van der Waals surface area (Å²) in [6.07, 6.45) is 4.03. The van der Waals surface area contributed by atoms with E-state index in [1.165, 1.54) is 5.56 Å². The standard InChI is InChI=1S/C9H15NO/c1-9(2,7-11)8-4-5-10(3)6-8/h4-6,11H,7H2,1-3H3. The Morgan fingerprint density at radius 3 is 2.55 bits per heavy atom. The van der Waals surface area contributed by atoms with E-state index < -0.39 is 0 Å². The molecule has 0 aliphatic rings. The highest BCUT2D eigenvalue weighted by molar-refractivity contribution is 5.20. The summed E-state index contributed by atoms with van der Waals surface area (Å²) in [5.74, 6) is 0. The Bertz CT molecular complexity index is 237. The lowest BCUT2D eigenvalue weighted by atomic mass is 9.88. The molecule has 0 atom stereocenters. The molecule has 1 aromatic heterocycles. The molecule has 0 amide bonds. The zero-order valence-electron chi connectivity index (χ0n) is 7.33. The van der Waals surface area contributed by atoms with Crippen LogP contribution in [-0.4, -0.2) is 16.3 Å². The number of rotatable bonds is 2. The molecule has 0 spiro atoms. The van der Waals surface area contributed by atoms with Crippen molar-refractivity contribution in [3.8, 4) is 0 Å². The molecule has 0 unspecified atom stereocenters. The normalized spacial score (nSPS) is 12.0. The fourth-order valence-corrected chi connectivity index (χ4v) is 0.995. The van der Waals surface area contributed by atoms with Crippen molar-refractivity contribution >= 4 is 0 Å². The quantitative estimate of drug-likeness (QED) is 0.680. The maximum absolute atomic E-state index is 9.05. The Labute approximate surface area is 67.5 Å². The topological polar surface area (TPSA) is 25.2 Å². The molecular weight excluding hydrogens is 138 g/mol. The number of aryl methyl sites for hydroxylation is 1. The second-order valence-corrected chi connectivity index (χ2v) is 3.61. The van der Waals surface area contributed by atoms with E-state index in [4.69, 9.17) is 5.11 Å². The lowest BCUT2D eigenvalue weighted by Gasteiger charge is -2.19. The van der Waals surface area contributed by atoms with Crippen LogP contribution in [0.25, 0.3) is 0 Å². The first kappa shape index (κ1) is 8.34. The third-order valence-electron chi connectivity index (χ3n) is 2.01. The monoisotopic (exact) mass is 153 g/mol. The van der Waals surface area contributed by atoms with Crippen LogP contribution >= 0.6 is 0 Å². The third kappa shape index (κ3) is 1.63. The summed E-state index contributed by atoms with van der Waals surface area (Å²) in [4.78, 5) is 0. The van der Waals surface area contributed by atoms with Gasteiger partial charge in [0.2, 0.25) is 0 Å². The molecule has 0 bridgehead atoms. The fourth-order valence-electron chi connectivity index (χ4n) is 0.995. The molecule has 1 aromatic rings. The van der Waals surface area contributed by atoms with Gasteiger partial charge in [-0.05, 0) is 11.6 Å². The molecule has 0 radical (unpaired) electrons. The number of aliphatic hydroxyl groups is 1. The first-order chi connectivity index (χ1) is 5.06. The predicted molar refractivity (Wildman–Crippen MR) is 45.5 cm³/mol. The van der Waals surface area contributed by atoms with Gasteiger partial charge >= 0.3 is 0 Å². The van der Waals surface area contributed by atoms with E-state index in [-0.39, 0.29) is 12.0 Å². The molecule has 0 aliphatic heterocycles. The summed E-state index contributed by atoms with van der Waals surface area (Å²) in [5, 5.41) is 9.05. The first-order valence-electron chi connectivity index (χ1n) is 3.79. The maximum Gasteiger partial charge on any atom is 0.0523 e. The van der Waals surface area contributed by atoms with Gasteiger partial charge in [0.25, 0.3) is 0 Å². The predicted octanol–water partition coefficient (Wildman–Crippen LogP) is 1.29. The van der Waals surface area contributed by atoms with Gasteiger partial charge in [-0.3, -0.25) is 0 Å². The molecule has 62 valence electrons. The highest BCUT2D eigenvalue weighted by Gasteiger charge is 2.19. The van der Waals surface area contributed by atoms with Gasteiger partial charge in [0.15, 0.2) is 0 Å². The smallest absolute Gasteiger partial charge is 0.0523 e. The number of hydrogen-bond donors (Lipinski definition) is 1. The summed E-state index contributed by atoms with van der Waals surface area (Å²) in [6.45, 7) is 4.25. The Hall–Kier alpha value is -0.760. The molecule has 0 saturated heterocycles. The van der Waals surface area contributed by atoms with E-state index in [0.29, 0.717) is 0 Å². The number of aliphatic hydroxyl groups excluding tert-OH is 1. The Kier molecular flexibility index (Phi) is 2.05. The van der Waals surface area contributed by atoms with Crippen molar-refractivity contribution in [2.24, 2.45) is 7.05 Å². The Balaban J connectivity index is 2.92.